The highest BCUT2D eigenvalue weighted by atomic mass is 19.1. The molecule has 0 radical (unpaired) electrons. The quantitative estimate of drug-likeness (QED) is 0.737. The Labute approximate surface area is 87.0 Å². The van der Waals surface area contributed by atoms with E-state index in [1.54, 1.807) is 12.1 Å². The Morgan fingerprint density at radius 3 is 3.13 bits per heavy atom. The molecule has 1 atom stereocenters. The summed E-state index contributed by atoms with van der Waals surface area (Å²) in [4.78, 5) is 11.5. The number of carbonyl (C=O) groups excluding carboxylic acids is 1. The van der Waals surface area contributed by atoms with Gasteiger partial charge in [-0.25, -0.2) is 4.39 Å². The number of carbonyl (C=O) groups is 1. The van der Waals surface area contributed by atoms with Gasteiger partial charge in [-0.05, 0) is 12.1 Å². The third kappa shape index (κ3) is 1.76. The van der Waals surface area contributed by atoms with Gasteiger partial charge in [-0.1, -0.05) is 12.1 Å². The largest absolute Gasteiger partial charge is 0.324 e. The van der Waals surface area contributed by atoms with Crippen molar-refractivity contribution in [3.8, 4) is 0 Å². The average Bonchev–Trinajstić information content (AvgIpc) is 2.50. The Bertz CT molecular complexity index is 417. The molecule has 1 aliphatic heterocycles. The van der Waals surface area contributed by atoms with Crippen molar-refractivity contribution in [3.63, 3.8) is 0 Å². The van der Waals surface area contributed by atoms with Crippen LogP contribution in [0.25, 0.3) is 0 Å². The van der Waals surface area contributed by atoms with Crippen molar-refractivity contribution in [2.75, 3.05) is 11.9 Å². The molecule has 3 nitrogen and oxygen atoms in total. The predicted molar refractivity (Wildman–Crippen MR) is 56.0 cm³/mol. The summed E-state index contributed by atoms with van der Waals surface area (Å²) in [5.41, 5.74) is 1.32. The minimum absolute atomic E-state index is 0.155. The molecule has 1 aromatic carbocycles. The van der Waals surface area contributed by atoms with Crippen LogP contribution in [0.4, 0.5) is 10.1 Å². The lowest BCUT2D eigenvalue weighted by atomic mass is 10.1. The van der Waals surface area contributed by atoms with Gasteiger partial charge in [0.1, 0.15) is 11.9 Å². The molecule has 1 unspecified atom stereocenters. The van der Waals surface area contributed by atoms with Crippen LogP contribution in [-0.4, -0.2) is 12.5 Å². The van der Waals surface area contributed by atoms with E-state index >= 15 is 0 Å². The minimum Gasteiger partial charge on any atom is -0.324 e. The first kappa shape index (κ1) is 9.86. The van der Waals surface area contributed by atoms with Gasteiger partial charge in [0.15, 0.2) is 0 Å². The van der Waals surface area contributed by atoms with Crippen LogP contribution in [0, 0.1) is 5.82 Å². The fourth-order valence-corrected chi connectivity index (χ4v) is 1.64. The zero-order valence-electron chi connectivity index (χ0n) is 8.09. The maximum absolute atomic E-state index is 12.9. The zero-order chi connectivity index (χ0) is 10.8. The summed E-state index contributed by atoms with van der Waals surface area (Å²) in [7, 11) is 0. The van der Waals surface area contributed by atoms with E-state index in [4.69, 9.17) is 0 Å². The van der Waals surface area contributed by atoms with E-state index in [0.717, 1.165) is 5.56 Å². The molecule has 4 heteroatoms. The van der Waals surface area contributed by atoms with Crippen LogP contribution >= 0.6 is 0 Å². The smallest absolute Gasteiger partial charge is 0.246 e. The predicted octanol–water partition coefficient (Wildman–Crippen LogP) is 1.59. The summed E-state index contributed by atoms with van der Waals surface area (Å²) >= 11 is 0. The molecule has 2 rings (SSSR count). The first-order valence-corrected chi connectivity index (χ1v) is 4.67. The summed E-state index contributed by atoms with van der Waals surface area (Å²) in [6, 6.07) is 3.88. The molecule has 0 spiro atoms. The molecule has 0 saturated carbocycles. The minimum atomic E-state index is -0.404. The maximum atomic E-state index is 12.9. The van der Waals surface area contributed by atoms with Crippen molar-refractivity contribution in [1.82, 2.24) is 5.32 Å². The van der Waals surface area contributed by atoms with Crippen LogP contribution in [0.15, 0.2) is 30.9 Å². The van der Waals surface area contributed by atoms with E-state index in [0.29, 0.717) is 12.2 Å². The third-order valence-electron chi connectivity index (χ3n) is 2.31. The van der Waals surface area contributed by atoms with Gasteiger partial charge in [-0.3, -0.25) is 10.1 Å². The lowest BCUT2D eigenvalue weighted by molar-refractivity contribution is -0.117. The topological polar surface area (TPSA) is 41.1 Å². The SMILES string of the molecule is C=CCNC1C(=O)Nc2cc(F)ccc21. The van der Waals surface area contributed by atoms with E-state index < -0.39 is 6.04 Å². The number of fused-ring (bicyclic) bond motifs is 1. The van der Waals surface area contributed by atoms with Crippen LogP contribution in [-0.2, 0) is 4.79 Å². The Balaban J connectivity index is 2.29. The number of hydrogen-bond acceptors (Lipinski definition) is 2. The monoisotopic (exact) mass is 206 g/mol. The molecule has 0 bridgehead atoms. The van der Waals surface area contributed by atoms with Gasteiger partial charge in [0.2, 0.25) is 5.91 Å². The van der Waals surface area contributed by atoms with E-state index in [1.807, 2.05) is 0 Å². The number of rotatable bonds is 3. The molecular formula is C11H11FN2O. The van der Waals surface area contributed by atoms with Crippen LogP contribution in [0.3, 0.4) is 0 Å². The van der Waals surface area contributed by atoms with Gasteiger partial charge in [0, 0.05) is 17.8 Å². The van der Waals surface area contributed by atoms with Gasteiger partial charge < -0.3 is 5.32 Å². The van der Waals surface area contributed by atoms with E-state index in [-0.39, 0.29) is 11.7 Å². The molecule has 15 heavy (non-hydrogen) atoms. The number of anilines is 1. The van der Waals surface area contributed by atoms with Crippen molar-refractivity contribution in [3.05, 3.63) is 42.2 Å². The second-order valence-corrected chi connectivity index (χ2v) is 3.35. The van der Waals surface area contributed by atoms with Gasteiger partial charge in [0.05, 0.1) is 0 Å². The normalized spacial score (nSPS) is 18.5. The Kier molecular flexibility index (Phi) is 2.51. The lowest BCUT2D eigenvalue weighted by Crippen LogP contribution is -2.27. The van der Waals surface area contributed by atoms with Crippen molar-refractivity contribution in [1.29, 1.82) is 0 Å². The van der Waals surface area contributed by atoms with Crippen molar-refractivity contribution in [2.24, 2.45) is 0 Å². The number of hydrogen-bond donors (Lipinski definition) is 2. The number of nitrogens with one attached hydrogen (secondary N) is 2. The summed E-state index contributed by atoms with van der Waals surface area (Å²) in [6.45, 7) is 4.10. The first-order chi connectivity index (χ1) is 7.22. The van der Waals surface area contributed by atoms with Crippen molar-refractivity contribution < 1.29 is 9.18 Å². The Morgan fingerprint density at radius 2 is 2.40 bits per heavy atom. The van der Waals surface area contributed by atoms with Crippen LogP contribution in [0.5, 0.6) is 0 Å². The molecule has 0 saturated heterocycles. The summed E-state index contributed by atoms with van der Waals surface area (Å²) in [5, 5.41) is 5.63. The number of halogens is 1. The second kappa shape index (κ2) is 3.82. The van der Waals surface area contributed by atoms with Crippen LogP contribution in [0.2, 0.25) is 0 Å². The standard InChI is InChI=1S/C11H11FN2O/c1-2-5-13-10-8-4-3-7(12)6-9(8)14-11(10)15/h2-4,6,10,13H,1,5H2,(H,14,15). The molecule has 0 aromatic heterocycles. The lowest BCUT2D eigenvalue weighted by Gasteiger charge is -2.08. The molecule has 0 fully saturated rings. The third-order valence-corrected chi connectivity index (χ3v) is 2.31. The van der Waals surface area contributed by atoms with Crippen molar-refractivity contribution >= 4 is 11.6 Å². The molecule has 1 aliphatic rings. The Morgan fingerprint density at radius 1 is 1.60 bits per heavy atom. The molecule has 1 aromatic rings. The fraction of sp³-hybridized carbons (Fsp3) is 0.182. The van der Waals surface area contributed by atoms with E-state index in [2.05, 4.69) is 17.2 Å². The summed E-state index contributed by atoms with van der Waals surface area (Å²) < 4.78 is 12.9. The molecule has 1 heterocycles. The number of amides is 1. The number of benzene rings is 1. The summed E-state index contributed by atoms with van der Waals surface area (Å²) in [5.74, 6) is -0.504. The zero-order valence-corrected chi connectivity index (χ0v) is 8.09. The van der Waals surface area contributed by atoms with Crippen molar-refractivity contribution in [2.45, 2.75) is 6.04 Å². The van der Waals surface area contributed by atoms with Crippen LogP contribution in [0.1, 0.15) is 11.6 Å². The fourth-order valence-electron chi connectivity index (χ4n) is 1.64. The first-order valence-electron chi connectivity index (χ1n) is 4.67. The van der Waals surface area contributed by atoms with Crippen LogP contribution < -0.4 is 10.6 Å². The summed E-state index contributed by atoms with van der Waals surface area (Å²) in [6.07, 6.45) is 1.68. The molecule has 0 aliphatic carbocycles. The van der Waals surface area contributed by atoms with Gasteiger partial charge >= 0.3 is 0 Å². The van der Waals surface area contributed by atoms with E-state index in [1.165, 1.54) is 12.1 Å². The Hall–Kier alpha value is -1.68. The van der Waals surface area contributed by atoms with E-state index in [9.17, 15) is 9.18 Å². The highest BCUT2D eigenvalue weighted by molar-refractivity contribution is 6.02. The molecule has 78 valence electrons. The molecule has 2 N–H and O–H groups in total. The second-order valence-electron chi connectivity index (χ2n) is 3.35. The highest BCUT2D eigenvalue weighted by Crippen LogP contribution is 2.30. The van der Waals surface area contributed by atoms with Gasteiger partial charge in [0.25, 0.3) is 0 Å². The van der Waals surface area contributed by atoms with Gasteiger partial charge in [-0.2, -0.15) is 0 Å². The maximum Gasteiger partial charge on any atom is 0.246 e. The highest BCUT2D eigenvalue weighted by Gasteiger charge is 2.29. The van der Waals surface area contributed by atoms with Gasteiger partial charge in [-0.15, -0.1) is 6.58 Å². The molecule has 1 amide bonds. The average molecular weight is 206 g/mol. The molecular weight excluding hydrogens is 195 g/mol.